The van der Waals surface area contributed by atoms with Crippen LogP contribution in [0.2, 0.25) is 0 Å². The third-order valence-corrected chi connectivity index (χ3v) is 1.68. The zero-order valence-electron chi connectivity index (χ0n) is 5.61. The van der Waals surface area contributed by atoms with Crippen LogP contribution in [0.5, 0.6) is 0 Å². The van der Waals surface area contributed by atoms with Crippen LogP contribution in [-0.4, -0.2) is 24.0 Å². The first-order valence-electron chi connectivity index (χ1n) is 3.18. The molecule has 0 saturated carbocycles. The standard InChI is InChI=1S/C7H6O4/c8-7(9)4-1-2-5-6(4)11-3-10-5/h1-2,6H,3H2,(H,8,9). The lowest BCUT2D eigenvalue weighted by molar-refractivity contribution is -0.133. The first-order valence-corrected chi connectivity index (χ1v) is 3.18. The van der Waals surface area contributed by atoms with Crippen molar-refractivity contribution in [3.63, 3.8) is 0 Å². The summed E-state index contributed by atoms with van der Waals surface area (Å²) in [5.74, 6) is -0.353. The van der Waals surface area contributed by atoms with E-state index in [0.717, 1.165) is 0 Å². The highest BCUT2D eigenvalue weighted by Crippen LogP contribution is 2.28. The van der Waals surface area contributed by atoms with Gasteiger partial charge in [-0.2, -0.15) is 0 Å². The fourth-order valence-electron chi connectivity index (χ4n) is 1.15. The van der Waals surface area contributed by atoms with Crippen molar-refractivity contribution in [3.05, 3.63) is 23.5 Å². The number of fused-ring (bicyclic) bond motifs is 1. The third kappa shape index (κ3) is 0.832. The Bertz CT molecular complexity index is 264. The molecule has 0 bridgehead atoms. The minimum absolute atomic E-state index is 0.154. The first-order chi connectivity index (χ1) is 5.29. The largest absolute Gasteiger partial charge is 0.478 e. The van der Waals surface area contributed by atoms with Crippen molar-refractivity contribution in [2.24, 2.45) is 0 Å². The number of ether oxygens (including phenoxy) is 2. The summed E-state index contributed by atoms with van der Waals surface area (Å²) in [6.45, 7) is 0.154. The smallest absolute Gasteiger partial charge is 0.334 e. The molecule has 1 saturated heterocycles. The highest BCUT2D eigenvalue weighted by Gasteiger charge is 2.34. The summed E-state index contributed by atoms with van der Waals surface area (Å²) >= 11 is 0. The molecule has 2 rings (SSSR count). The molecule has 1 unspecified atom stereocenters. The topological polar surface area (TPSA) is 55.8 Å². The van der Waals surface area contributed by atoms with E-state index >= 15 is 0 Å². The molecule has 0 aromatic rings. The van der Waals surface area contributed by atoms with E-state index in [1.54, 1.807) is 6.08 Å². The Hall–Kier alpha value is -1.29. The second-order valence-corrected chi connectivity index (χ2v) is 2.31. The van der Waals surface area contributed by atoms with E-state index < -0.39 is 12.1 Å². The van der Waals surface area contributed by atoms with E-state index in [4.69, 9.17) is 14.6 Å². The van der Waals surface area contributed by atoms with E-state index in [-0.39, 0.29) is 12.4 Å². The zero-order chi connectivity index (χ0) is 7.84. The lowest BCUT2D eigenvalue weighted by atomic mass is 10.2. The van der Waals surface area contributed by atoms with Crippen molar-refractivity contribution in [1.82, 2.24) is 0 Å². The van der Waals surface area contributed by atoms with Gasteiger partial charge in [0, 0.05) is 0 Å². The summed E-state index contributed by atoms with van der Waals surface area (Å²) in [7, 11) is 0. The number of carboxylic acids is 1. The van der Waals surface area contributed by atoms with E-state index in [2.05, 4.69) is 0 Å². The second kappa shape index (κ2) is 2.10. The number of rotatable bonds is 1. The molecular weight excluding hydrogens is 148 g/mol. The summed E-state index contributed by atoms with van der Waals surface area (Å²) in [4.78, 5) is 10.5. The van der Waals surface area contributed by atoms with Crippen LogP contribution in [0.15, 0.2) is 23.5 Å². The Morgan fingerprint density at radius 2 is 2.45 bits per heavy atom. The van der Waals surface area contributed by atoms with Crippen molar-refractivity contribution in [2.75, 3.05) is 6.79 Å². The highest BCUT2D eigenvalue weighted by molar-refractivity contribution is 5.90. The van der Waals surface area contributed by atoms with Gasteiger partial charge >= 0.3 is 5.97 Å². The maximum Gasteiger partial charge on any atom is 0.334 e. The predicted octanol–water partition coefficient (Wildman–Crippen LogP) is 0.268. The fourth-order valence-corrected chi connectivity index (χ4v) is 1.15. The van der Waals surface area contributed by atoms with E-state index in [0.29, 0.717) is 5.76 Å². The van der Waals surface area contributed by atoms with Crippen molar-refractivity contribution >= 4 is 5.97 Å². The number of hydrogen-bond donors (Lipinski definition) is 1. The molecule has 0 aromatic heterocycles. The number of aliphatic carboxylic acids is 1. The van der Waals surface area contributed by atoms with E-state index in [9.17, 15) is 4.79 Å². The molecule has 2 aliphatic rings. The first kappa shape index (κ1) is 6.42. The molecular formula is C7H6O4. The predicted molar refractivity (Wildman–Crippen MR) is 34.6 cm³/mol. The molecule has 0 amide bonds. The fraction of sp³-hybridized carbons (Fsp3) is 0.286. The van der Waals surface area contributed by atoms with Crippen LogP contribution in [0.25, 0.3) is 0 Å². The molecule has 4 heteroatoms. The number of carbonyl (C=O) groups is 1. The summed E-state index contributed by atoms with van der Waals surface area (Å²) < 4.78 is 9.99. The molecule has 1 N–H and O–H groups in total. The van der Waals surface area contributed by atoms with Gasteiger partial charge in [0.2, 0.25) is 0 Å². The molecule has 11 heavy (non-hydrogen) atoms. The van der Waals surface area contributed by atoms with Crippen LogP contribution < -0.4 is 0 Å². The van der Waals surface area contributed by atoms with Crippen molar-refractivity contribution in [2.45, 2.75) is 6.10 Å². The van der Waals surface area contributed by atoms with E-state index in [1.807, 2.05) is 0 Å². The average Bonchev–Trinajstić information content (AvgIpc) is 2.41. The third-order valence-electron chi connectivity index (χ3n) is 1.68. The molecule has 1 atom stereocenters. The molecule has 4 nitrogen and oxygen atoms in total. The summed E-state index contributed by atoms with van der Waals surface area (Å²) in [5.41, 5.74) is 0.248. The van der Waals surface area contributed by atoms with Crippen molar-refractivity contribution in [3.8, 4) is 0 Å². The van der Waals surface area contributed by atoms with Gasteiger partial charge in [-0.3, -0.25) is 0 Å². The average molecular weight is 154 g/mol. The van der Waals surface area contributed by atoms with Gasteiger partial charge in [-0.25, -0.2) is 4.79 Å². The number of allylic oxidation sites excluding steroid dienone is 2. The molecule has 1 aliphatic heterocycles. The maximum atomic E-state index is 10.5. The van der Waals surface area contributed by atoms with Gasteiger partial charge in [-0.05, 0) is 12.2 Å². The van der Waals surface area contributed by atoms with Crippen LogP contribution in [-0.2, 0) is 14.3 Å². The van der Waals surface area contributed by atoms with E-state index in [1.165, 1.54) is 6.08 Å². The maximum absolute atomic E-state index is 10.5. The molecule has 1 heterocycles. The van der Waals surface area contributed by atoms with Crippen LogP contribution >= 0.6 is 0 Å². The van der Waals surface area contributed by atoms with Gasteiger partial charge in [0.1, 0.15) is 5.76 Å². The van der Waals surface area contributed by atoms with Gasteiger partial charge in [0.05, 0.1) is 5.57 Å². The van der Waals surface area contributed by atoms with Crippen LogP contribution in [0.3, 0.4) is 0 Å². The molecule has 1 fully saturated rings. The monoisotopic (exact) mass is 154 g/mol. The molecule has 0 aromatic carbocycles. The molecule has 0 spiro atoms. The van der Waals surface area contributed by atoms with Gasteiger partial charge in [0.25, 0.3) is 0 Å². The van der Waals surface area contributed by atoms with Crippen LogP contribution in [0.4, 0.5) is 0 Å². The molecule has 58 valence electrons. The van der Waals surface area contributed by atoms with Crippen LogP contribution in [0, 0.1) is 0 Å². The Morgan fingerprint density at radius 1 is 1.64 bits per heavy atom. The normalized spacial score (nSPS) is 27.1. The summed E-state index contributed by atoms with van der Waals surface area (Å²) in [6.07, 6.45) is 2.66. The lowest BCUT2D eigenvalue weighted by Gasteiger charge is -2.02. The Labute approximate surface area is 62.7 Å². The number of carboxylic acid groups (broad SMARTS) is 1. The van der Waals surface area contributed by atoms with Crippen LogP contribution in [0.1, 0.15) is 0 Å². The quantitative estimate of drug-likeness (QED) is 0.588. The Balaban J connectivity index is 2.24. The lowest BCUT2D eigenvalue weighted by Crippen LogP contribution is -2.15. The number of hydrogen-bond acceptors (Lipinski definition) is 3. The molecule has 0 radical (unpaired) electrons. The summed E-state index contributed by atoms with van der Waals surface area (Å²) in [5, 5.41) is 8.62. The minimum Gasteiger partial charge on any atom is -0.478 e. The second-order valence-electron chi connectivity index (χ2n) is 2.31. The molecule has 1 aliphatic carbocycles. The summed E-state index contributed by atoms with van der Waals surface area (Å²) in [6, 6.07) is 0. The van der Waals surface area contributed by atoms with Gasteiger partial charge in [-0.15, -0.1) is 0 Å². The van der Waals surface area contributed by atoms with Crippen molar-refractivity contribution < 1.29 is 19.4 Å². The highest BCUT2D eigenvalue weighted by atomic mass is 16.7. The minimum atomic E-state index is -0.952. The van der Waals surface area contributed by atoms with Gasteiger partial charge in [0.15, 0.2) is 12.9 Å². The zero-order valence-corrected chi connectivity index (χ0v) is 5.61. The Kier molecular flexibility index (Phi) is 1.22. The van der Waals surface area contributed by atoms with Crippen molar-refractivity contribution in [1.29, 1.82) is 0 Å². The Morgan fingerprint density at radius 3 is 3.18 bits per heavy atom. The SMILES string of the molecule is O=C(O)C1=CC=C2OCOC21. The van der Waals surface area contributed by atoms with Gasteiger partial charge < -0.3 is 14.6 Å². The van der Waals surface area contributed by atoms with Gasteiger partial charge in [-0.1, -0.05) is 0 Å².